The van der Waals surface area contributed by atoms with E-state index in [9.17, 15) is 4.39 Å². The summed E-state index contributed by atoms with van der Waals surface area (Å²) in [7, 11) is 0. The number of hydrogen-bond acceptors (Lipinski definition) is 2. The van der Waals surface area contributed by atoms with Crippen LogP contribution < -0.4 is 9.64 Å². The van der Waals surface area contributed by atoms with Crippen molar-refractivity contribution in [3.8, 4) is 44.9 Å². The molecule has 0 aliphatic carbocycles. The second kappa shape index (κ2) is 10.3. The van der Waals surface area contributed by atoms with E-state index in [0.717, 1.165) is 56.2 Å². The van der Waals surface area contributed by atoms with Crippen molar-refractivity contribution in [2.45, 2.75) is 0 Å². The monoisotopic (exact) mass is 555 g/mol. The van der Waals surface area contributed by atoms with E-state index in [0.29, 0.717) is 0 Å². The van der Waals surface area contributed by atoms with Gasteiger partial charge in [-0.15, -0.1) is 0 Å². The summed E-state index contributed by atoms with van der Waals surface area (Å²) in [6.45, 7) is 0. The van der Waals surface area contributed by atoms with E-state index in [2.05, 4.69) is 108 Å². The third-order valence-electron chi connectivity index (χ3n) is 8.13. The van der Waals surface area contributed by atoms with E-state index < -0.39 is 0 Å². The average molecular weight is 556 g/mol. The summed E-state index contributed by atoms with van der Waals surface area (Å²) in [6.07, 6.45) is 0. The van der Waals surface area contributed by atoms with Gasteiger partial charge < -0.3 is 9.64 Å². The highest BCUT2D eigenvalue weighted by atomic mass is 19.1. The minimum atomic E-state index is -0.257. The van der Waals surface area contributed by atoms with Crippen molar-refractivity contribution >= 4 is 27.8 Å². The molecule has 0 saturated heterocycles. The number of halogens is 1. The molecule has 0 radical (unpaired) electrons. The number of hydrogen-bond donors (Lipinski definition) is 0. The van der Waals surface area contributed by atoms with Crippen molar-refractivity contribution in [3.63, 3.8) is 0 Å². The summed E-state index contributed by atoms with van der Waals surface area (Å²) < 4.78 is 20.3. The first-order chi connectivity index (χ1) is 21.2. The first-order valence-electron chi connectivity index (χ1n) is 14.4. The van der Waals surface area contributed by atoms with Crippen LogP contribution in [0.1, 0.15) is 0 Å². The van der Waals surface area contributed by atoms with Crippen molar-refractivity contribution in [2.75, 3.05) is 4.90 Å². The number of rotatable bonds is 5. The van der Waals surface area contributed by atoms with E-state index in [1.54, 1.807) is 0 Å². The Balaban J connectivity index is 1.14. The van der Waals surface area contributed by atoms with Crippen molar-refractivity contribution in [1.82, 2.24) is 0 Å². The van der Waals surface area contributed by atoms with Crippen LogP contribution in [0.4, 0.5) is 21.5 Å². The van der Waals surface area contributed by atoms with Gasteiger partial charge in [0.25, 0.3) is 0 Å². The molecule has 0 N–H and O–H groups in total. The first-order valence-corrected chi connectivity index (χ1v) is 14.4. The fourth-order valence-electron chi connectivity index (χ4n) is 6.02. The third-order valence-corrected chi connectivity index (χ3v) is 8.13. The van der Waals surface area contributed by atoms with Gasteiger partial charge in [0.15, 0.2) is 0 Å². The van der Waals surface area contributed by atoms with Crippen molar-refractivity contribution in [3.05, 3.63) is 164 Å². The molecule has 1 aliphatic heterocycles. The van der Waals surface area contributed by atoms with Crippen molar-refractivity contribution in [1.29, 1.82) is 0 Å². The maximum Gasteiger partial charge on any atom is 0.135 e. The predicted octanol–water partition coefficient (Wildman–Crippen LogP) is 11.6. The molecule has 2 nitrogen and oxygen atoms in total. The fourth-order valence-corrected chi connectivity index (χ4v) is 6.02. The van der Waals surface area contributed by atoms with Crippen LogP contribution in [0, 0.1) is 5.82 Å². The van der Waals surface area contributed by atoms with E-state index in [4.69, 9.17) is 4.74 Å². The number of fused-ring (bicyclic) bond motifs is 2. The van der Waals surface area contributed by atoms with Crippen LogP contribution in [-0.4, -0.2) is 0 Å². The predicted molar refractivity (Wildman–Crippen MR) is 175 cm³/mol. The van der Waals surface area contributed by atoms with Crippen molar-refractivity contribution < 1.29 is 9.13 Å². The van der Waals surface area contributed by atoms with Gasteiger partial charge in [-0.2, -0.15) is 0 Å². The molecule has 0 amide bonds. The van der Waals surface area contributed by atoms with Crippen LogP contribution in [0.15, 0.2) is 158 Å². The molecule has 1 heterocycles. The highest BCUT2D eigenvalue weighted by molar-refractivity contribution is 6.04. The molecule has 0 saturated carbocycles. The Morgan fingerprint density at radius 2 is 0.977 bits per heavy atom. The SMILES string of the molecule is Fc1ccc(N(c2ccc(-c3ccccc3)cc2)c2ccc(-c3ccc4c(c3)Oc3cccc5cccc-4c35)cc2)cc1. The Bertz CT molecular complexity index is 2080. The van der Waals surface area contributed by atoms with Gasteiger partial charge in [-0.1, -0.05) is 91.0 Å². The average Bonchev–Trinajstić information content (AvgIpc) is 3.07. The molecule has 3 heteroatoms. The largest absolute Gasteiger partial charge is 0.456 e. The maximum absolute atomic E-state index is 13.9. The quantitative estimate of drug-likeness (QED) is 0.209. The molecular weight excluding hydrogens is 529 g/mol. The molecule has 204 valence electrons. The van der Waals surface area contributed by atoms with E-state index in [1.165, 1.54) is 28.6 Å². The summed E-state index contributed by atoms with van der Waals surface area (Å²) in [4.78, 5) is 2.14. The highest BCUT2D eigenvalue weighted by Gasteiger charge is 2.20. The van der Waals surface area contributed by atoms with Gasteiger partial charge in [0.2, 0.25) is 0 Å². The lowest BCUT2D eigenvalue weighted by molar-refractivity contribution is 0.487. The highest BCUT2D eigenvalue weighted by Crippen LogP contribution is 2.47. The molecule has 43 heavy (non-hydrogen) atoms. The smallest absolute Gasteiger partial charge is 0.135 e. The molecule has 0 bridgehead atoms. The number of nitrogens with zero attached hydrogens (tertiary/aromatic N) is 1. The second-order valence-corrected chi connectivity index (χ2v) is 10.7. The van der Waals surface area contributed by atoms with Gasteiger partial charge in [0, 0.05) is 28.0 Å². The summed E-state index contributed by atoms with van der Waals surface area (Å²) in [6, 6.07) is 52.9. The van der Waals surface area contributed by atoms with Gasteiger partial charge in [0.05, 0.1) is 0 Å². The maximum atomic E-state index is 13.9. The van der Waals surface area contributed by atoms with Gasteiger partial charge in [-0.25, -0.2) is 4.39 Å². The topological polar surface area (TPSA) is 12.5 Å². The van der Waals surface area contributed by atoms with Crippen LogP contribution in [0.2, 0.25) is 0 Å². The van der Waals surface area contributed by atoms with Gasteiger partial charge >= 0.3 is 0 Å². The molecular formula is C40H26FNO. The summed E-state index contributed by atoms with van der Waals surface area (Å²) in [5.41, 5.74) is 9.65. The summed E-state index contributed by atoms with van der Waals surface area (Å²) >= 11 is 0. The van der Waals surface area contributed by atoms with Crippen LogP contribution in [0.25, 0.3) is 44.2 Å². The lowest BCUT2D eigenvalue weighted by Gasteiger charge is -2.26. The van der Waals surface area contributed by atoms with Crippen molar-refractivity contribution in [2.24, 2.45) is 0 Å². The lowest BCUT2D eigenvalue weighted by Crippen LogP contribution is -2.09. The normalized spacial score (nSPS) is 11.6. The zero-order chi connectivity index (χ0) is 28.8. The minimum Gasteiger partial charge on any atom is -0.456 e. The Morgan fingerprint density at radius 1 is 0.419 bits per heavy atom. The van der Waals surface area contributed by atoms with Crippen LogP contribution in [0.3, 0.4) is 0 Å². The third kappa shape index (κ3) is 4.52. The fraction of sp³-hybridized carbons (Fsp3) is 0. The Labute approximate surface area is 249 Å². The Kier molecular flexibility index (Phi) is 6.01. The molecule has 0 spiro atoms. The van der Waals surface area contributed by atoms with Gasteiger partial charge in [0.1, 0.15) is 17.3 Å². The zero-order valence-electron chi connectivity index (χ0n) is 23.2. The number of benzene rings is 7. The molecule has 7 aromatic rings. The molecule has 0 fully saturated rings. The van der Waals surface area contributed by atoms with Crippen LogP contribution >= 0.6 is 0 Å². The number of anilines is 3. The van der Waals surface area contributed by atoms with E-state index >= 15 is 0 Å². The van der Waals surface area contributed by atoms with E-state index in [1.807, 2.05) is 42.5 Å². The second-order valence-electron chi connectivity index (χ2n) is 10.7. The lowest BCUT2D eigenvalue weighted by atomic mass is 9.93. The molecule has 8 rings (SSSR count). The Morgan fingerprint density at radius 3 is 1.65 bits per heavy atom. The van der Waals surface area contributed by atoms with E-state index in [-0.39, 0.29) is 5.82 Å². The molecule has 7 aromatic carbocycles. The van der Waals surface area contributed by atoms with Crippen LogP contribution in [-0.2, 0) is 0 Å². The van der Waals surface area contributed by atoms with Gasteiger partial charge in [-0.05, 0) is 99.9 Å². The molecule has 0 atom stereocenters. The zero-order valence-corrected chi connectivity index (χ0v) is 23.2. The first kappa shape index (κ1) is 25.1. The standard InChI is InChI=1S/C40H26FNO/c41-32-17-23-35(24-18-32)42(33-19-12-28(13-20-33)27-6-2-1-3-7-27)34-21-14-29(15-22-34)31-16-25-36-37-10-4-8-30-9-5-11-38(40(30)37)43-39(36)26-31/h1-26H. The van der Waals surface area contributed by atoms with Gasteiger partial charge in [-0.3, -0.25) is 0 Å². The molecule has 1 aliphatic rings. The number of ether oxygens (including phenoxy) is 1. The van der Waals surface area contributed by atoms with Crippen LogP contribution in [0.5, 0.6) is 11.5 Å². The summed E-state index contributed by atoms with van der Waals surface area (Å²) in [5, 5.41) is 2.34. The molecule has 0 aromatic heterocycles. The Hall–Kier alpha value is -5.67. The molecule has 0 unspecified atom stereocenters. The summed E-state index contributed by atoms with van der Waals surface area (Å²) in [5.74, 6) is 1.49. The minimum absolute atomic E-state index is 0.257.